The third-order valence-electron chi connectivity index (χ3n) is 7.53. The summed E-state index contributed by atoms with van der Waals surface area (Å²) in [7, 11) is 0. The largest absolute Gasteiger partial charge is 0.481 e. The fraction of sp³-hybridized carbons (Fsp3) is 0.913. The van der Waals surface area contributed by atoms with E-state index in [0.29, 0.717) is 24.7 Å². The van der Waals surface area contributed by atoms with E-state index in [0.717, 1.165) is 44.4 Å². The van der Waals surface area contributed by atoms with Gasteiger partial charge in [0.25, 0.3) is 0 Å². The predicted octanol–water partition coefficient (Wildman–Crippen LogP) is 5.69. The molecule has 4 heteroatoms. The van der Waals surface area contributed by atoms with Crippen molar-refractivity contribution in [1.29, 1.82) is 0 Å². The first kappa shape index (κ1) is 22.2. The molecule has 0 heterocycles. The summed E-state index contributed by atoms with van der Waals surface area (Å²) in [5.74, 6) is -0.368. The lowest BCUT2D eigenvalue weighted by atomic mass is 9.70. The number of aliphatic carboxylic acids is 1. The van der Waals surface area contributed by atoms with E-state index in [1.54, 1.807) is 0 Å². The smallest absolute Gasteiger partial charge is 0.310 e. The van der Waals surface area contributed by atoms with Gasteiger partial charge in [-0.1, -0.05) is 60.3 Å². The van der Waals surface area contributed by atoms with E-state index < -0.39 is 17.8 Å². The van der Waals surface area contributed by atoms with E-state index in [9.17, 15) is 14.7 Å². The summed E-state index contributed by atoms with van der Waals surface area (Å²) in [4.78, 5) is 24.6. The van der Waals surface area contributed by atoms with E-state index >= 15 is 0 Å². The molecule has 6 unspecified atom stereocenters. The molecule has 0 aromatic carbocycles. The molecule has 2 saturated carbocycles. The molecule has 0 aromatic rings. The van der Waals surface area contributed by atoms with Gasteiger partial charge in [0.15, 0.2) is 0 Å². The van der Waals surface area contributed by atoms with Gasteiger partial charge in [0.05, 0.1) is 11.8 Å². The molecule has 0 aromatic heterocycles. The van der Waals surface area contributed by atoms with Crippen molar-refractivity contribution in [3.05, 3.63) is 0 Å². The molecular formula is C23H40O4. The molecular weight excluding hydrogens is 340 g/mol. The summed E-state index contributed by atoms with van der Waals surface area (Å²) in [6.45, 7) is 11.3. The van der Waals surface area contributed by atoms with Gasteiger partial charge in [0.2, 0.25) is 0 Å². The first-order valence-corrected chi connectivity index (χ1v) is 11.1. The summed E-state index contributed by atoms with van der Waals surface area (Å²) in [5, 5.41) is 9.52. The zero-order valence-corrected chi connectivity index (χ0v) is 18.0. The van der Waals surface area contributed by atoms with Crippen molar-refractivity contribution in [3.8, 4) is 0 Å². The molecule has 27 heavy (non-hydrogen) atoms. The van der Waals surface area contributed by atoms with Gasteiger partial charge < -0.3 is 9.84 Å². The fourth-order valence-electron chi connectivity index (χ4n) is 4.87. The Bertz CT molecular complexity index is 513. The van der Waals surface area contributed by atoms with E-state index in [1.165, 1.54) is 6.42 Å². The van der Waals surface area contributed by atoms with Crippen LogP contribution in [0.25, 0.3) is 0 Å². The molecule has 2 aliphatic rings. The van der Waals surface area contributed by atoms with Gasteiger partial charge in [0, 0.05) is 0 Å². The molecule has 1 N–H and O–H groups in total. The second kappa shape index (κ2) is 9.43. The standard InChI is InChI=1S/C23H40O4/c1-6-23(4,5)14-20(17-12-11-15(2)16(3)13-17)27-22(26)19-10-8-7-9-18(19)21(24)25/h15-20H,6-14H2,1-5H3,(H,24,25). The SMILES string of the molecule is CCC(C)(C)CC(OC(=O)C1CCCCC1C(=O)O)C1CCC(C)C(C)C1. The minimum Gasteiger partial charge on any atom is -0.481 e. The second-order valence-corrected chi connectivity index (χ2v) is 10.1. The summed E-state index contributed by atoms with van der Waals surface area (Å²) in [6.07, 6.45) is 8.29. The van der Waals surface area contributed by atoms with Crippen LogP contribution in [0.2, 0.25) is 0 Å². The van der Waals surface area contributed by atoms with Crippen LogP contribution < -0.4 is 0 Å². The minimum atomic E-state index is -0.845. The number of ether oxygens (including phenoxy) is 1. The van der Waals surface area contributed by atoms with Crippen molar-refractivity contribution in [3.63, 3.8) is 0 Å². The topological polar surface area (TPSA) is 63.6 Å². The van der Waals surface area contributed by atoms with Gasteiger partial charge in [-0.05, 0) is 55.3 Å². The van der Waals surface area contributed by atoms with Crippen molar-refractivity contribution in [2.45, 2.75) is 98.5 Å². The zero-order valence-electron chi connectivity index (χ0n) is 18.0. The zero-order chi connectivity index (χ0) is 20.2. The monoisotopic (exact) mass is 380 g/mol. The number of carbonyl (C=O) groups is 2. The first-order valence-electron chi connectivity index (χ1n) is 11.1. The van der Waals surface area contributed by atoms with Crippen LogP contribution in [-0.4, -0.2) is 23.1 Å². The Labute approximate surface area is 165 Å². The summed E-state index contributed by atoms with van der Waals surface area (Å²) in [5.41, 5.74) is 0.121. The molecule has 2 fully saturated rings. The minimum absolute atomic E-state index is 0.0845. The van der Waals surface area contributed by atoms with Crippen LogP contribution in [0.3, 0.4) is 0 Å². The average molecular weight is 381 g/mol. The molecule has 0 aliphatic heterocycles. The number of hydrogen-bond donors (Lipinski definition) is 1. The first-order chi connectivity index (χ1) is 12.6. The maximum Gasteiger partial charge on any atom is 0.310 e. The molecule has 0 spiro atoms. The second-order valence-electron chi connectivity index (χ2n) is 10.1. The van der Waals surface area contributed by atoms with Crippen LogP contribution in [0.1, 0.15) is 92.4 Å². The molecule has 0 saturated heterocycles. The molecule has 0 bridgehead atoms. The van der Waals surface area contributed by atoms with Crippen LogP contribution in [-0.2, 0) is 14.3 Å². The molecule has 0 radical (unpaired) electrons. The number of rotatable bonds is 7. The van der Waals surface area contributed by atoms with Crippen molar-refractivity contribution in [1.82, 2.24) is 0 Å². The maximum atomic E-state index is 13.0. The Hall–Kier alpha value is -1.06. The summed E-state index contributed by atoms with van der Waals surface area (Å²) in [6, 6.07) is 0. The predicted molar refractivity (Wildman–Crippen MR) is 107 cm³/mol. The van der Waals surface area contributed by atoms with E-state index in [2.05, 4.69) is 34.6 Å². The lowest BCUT2D eigenvalue weighted by molar-refractivity contribution is -0.168. The number of carboxylic acids is 1. The lowest BCUT2D eigenvalue weighted by Crippen LogP contribution is -2.40. The van der Waals surface area contributed by atoms with Crippen molar-refractivity contribution >= 4 is 11.9 Å². The van der Waals surface area contributed by atoms with Crippen molar-refractivity contribution < 1.29 is 19.4 Å². The summed E-state index contributed by atoms with van der Waals surface area (Å²) >= 11 is 0. The third kappa shape index (κ3) is 5.96. The van der Waals surface area contributed by atoms with Crippen LogP contribution in [0.15, 0.2) is 0 Å². The number of hydrogen-bond acceptors (Lipinski definition) is 3. The van der Waals surface area contributed by atoms with E-state index in [4.69, 9.17) is 4.74 Å². The van der Waals surface area contributed by atoms with Crippen LogP contribution in [0.5, 0.6) is 0 Å². The van der Waals surface area contributed by atoms with Gasteiger partial charge in [-0.2, -0.15) is 0 Å². The van der Waals surface area contributed by atoms with Gasteiger partial charge in [-0.15, -0.1) is 0 Å². The molecule has 0 amide bonds. The maximum absolute atomic E-state index is 13.0. The molecule has 6 atom stereocenters. The van der Waals surface area contributed by atoms with Crippen molar-refractivity contribution in [2.75, 3.05) is 0 Å². The Morgan fingerprint density at radius 1 is 1.04 bits per heavy atom. The quantitative estimate of drug-likeness (QED) is 0.576. The van der Waals surface area contributed by atoms with Gasteiger partial charge in [-0.25, -0.2) is 0 Å². The van der Waals surface area contributed by atoms with E-state index in [-0.39, 0.29) is 17.5 Å². The Kier molecular flexibility index (Phi) is 7.76. The highest BCUT2D eigenvalue weighted by Crippen LogP contribution is 2.41. The average Bonchev–Trinajstić information content (AvgIpc) is 2.63. The highest BCUT2D eigenvalue weighted by molar-refractivity contribution is 5.81. The lowest BCUT2D eigenvalue weighted by Gasteiger charge is -2.40. The fourth-order valence-corrected chi connectivity index (χ4v) is 4.87. The number of esters is 1. The van der Waals surface area contributed by atoms with Gasteiger partial charge in [0.1, 0.15) is 6.10 Å². The van der Waals surface area contributed by atoms with Crippen LogP contribution in [0, 0.1) is 35.0 Å². The Morgan fingerprint density at radius 3 is 2.22 bits per heavy atom. The van der Waals surface area contributed by atoms with Crippen LogP contribution in [0.4, 0.5) is 0 Å². The number of carbonyl (C=O) groups excluding carboxylic acids is 1. The number of carboxylic acid groups (broad SMARTS) is 1. The van der Waals surface area contributed by atoms with Gasteiger partial charge >= 0.3 is 11.9 Å². The third-order valence-corrected chi connectivity index (χ3v) is 7.53. The molecule has 4 nitrogen and oxygen atoms in total. The molecule has 156 valence electrons. The normalized spacial score (nSPS) is 33.3. The van der Waals surface area contributed by atoms with E-state index in [1.807, 2.05) is 0 Å². The Balaban J connectivity index is 2.12. The Morgan fingerprint density at radius 2 is 1.67 bits per heavy atom. The highest BCUT2D eigenvalue weighted by atomic mass is 16.5. The van der Waals surface area contributed by atoms with Crippen molar-refractivity contribution in [2.24, 2.45) is 35.0 Å². The van der Waals surface area contributed by atoms with Gasteiger partial charge in [-0.3, -0.25) is 9.59 Å². The molecule has 2 aliphatic carbocycles. The molecule has 2 rings (SSSR count). The van der Waals surface area contributed by atoms with Crippen LogP contribution >= 0.6 is 0 Å². The highest BCUT2D eigenvalue weighted by Gasteiger charge is 2.40. The summed E-state index contributed by atoms with van der Waals surface area (Å²) < 4.78 is 6.13.